The summed E-state index contributed by atoms with van der Waals surface area (Å²) < 4.78 is 10.3. The largest absolute Gasteiger partial charge is 0.508 e. The van der Waals surface area contributed by atoms with Crippen molar-refractivity contribution in [3.8, 4) is 0 Å². The Morgan fingerprint density at radius 3 is 2.63 bits per heavy atom. The first-order valence-corrected chi connectivity index (χ1v) is 17.6. The molecule has 0 unspecified atom stereocenters. The Balaban J connectivity index is 1.22. The number of nitrogens with zero attached hydrogens (tertiary/aromatic N) is 5. The minimum absolute atomic E-state index is 0.0335. The van der Waals surface area contributed by atoms with Crippen LogP contribution in [-0.2, 0) is 15.9 Å². The van der Waals surface area contributed by atoms with E-state index in [9.17, 15) is 9.59 Å². The maximum atomic E-state index is 12.9. The number of benzene rings is 1. The number of Topliss-reactive ketones (excluding diaryl/α,β-unsaturated/α-hetero) is 1. The molecule has 0 spiro atoms. The third kappa shape index (κ3) is 10.5. The molecule has 4 rings (SSSR count). The lowest BCUT2D eigenvalue weighted by atomic mass is 10.0. The van der Waals surface area contributed by atoms with Crippen molar-refractivity contribution in [2.75, 3.05) is 74.2 Å². The first-order chi connectivity index (χ1) is 20.8. The Kier molecular flexibility index (Phi) is 13.2. The van der Waals surface area contributed by atoms with Crippen LogP contribution < -0.4 is 16.0 Å². The molecule has 0 radical (unpaired) electrons. The number of thiazole rings is 1. The molecule has 3 heterocycles. The quantitative estimate of drug-likeness (QED) is 0.0978. The highest BCUT2D eigenvalue weighted by molar-refractivity contribution is 8.76. The third-order valence-corrected chi connectivity index (χ3v) is 10.2. The van der Waals surface area contributed by atoms with Gasteiger partial charge in [-0.1, -0.05) is 56.7 Å². The number of nitrogens with one attached hydrogen (secondary N) is 1. The molecule has 3 aromatic rings. The van der Waals surface area contributed by atoms with Crippen molar-refractivity contribution in [1.82, 2.24) is 19.9 Å². The predicted octanol–water partition coefficient (Wildman–Crippen LogP) is 4.99. The van der Waals surface area contributed by atoms with E-state index < -0.39 is 6.16 Å². The highest BCUT2D eigenvalue weighted by Gasteiger charge is 2.20. The summed E-state index contributed by atoms with van der Waals surface area (Å²) in [5.41, 5.74) is 7.27. The van der Waals surface area contributed by atoms with Crippen molar-refractivity contribution in [2.45, 2.75) is 20.3 Å². The van der Waals surface area contributed by atoms with E-state index in [2.05, 4.69) is 30.1 Å². The van der Waals surface area contributed by atoms with Gasteiger partial charge in [-0.05, 0) is 31.0 Å². The van der Waals surface area contributed by atoms with E-state index >= 15 is 0 Å². The van der Waals surface area contributed by atoms with Gasteiger partial charge in [0, 0.05) is 68.3 Å². The summed E-state index contributed by atoms with van der Waals surface area (Å²) in [6.45, 7) is 8.84. The zero-order valence-corrected chi connectivity index (χ0v) is 27.4. The second kappa shape index (κ2) is 17.0. The third-order valence-electron chi connectivity index (χ3n) is 6.53. The smallest absolute Gasteiger partial charge is 0.433 e. The Hall–Kier alpha value is -2.62. The summed E-state index contributed by atoms with van der Waals surface area (Å²) in [7, 11) is 3.29. The number of hydrogen-bond acceptors (Lipinski definition) is 14. The van der Waals surface area contributed by atoms with Crippen LogP contribution in [0.4, 0.5) is 21.6 Å². The lowest BCUT2D eigenvalue weighted by Gasteiger charge is -2.35. The van der Waals surface area contributed by atoms with Gasteiger partial charge in [0.05, 0.1) is 11.1 Å². The SMILES string of the molecule is Cc1nc(Nc2ncc(C(=O)Cc3c(C)cccc3Cl)s2)cc(N2CCN(CCOC(=O)OCCSSCCN)CC2)n1. The summed E-state index contributed by atoms with van der Waals surface area (Å²) in [6, 6.07) is 7.52. The molecule has 1 aromatic carbocycles. The van der Waals surface area contributed by atoms with Gasteiger partial charge in [-0.25, -0.2) is 19.7 Å². The lowest BCUT2D eigenvalue weighted by molar-refractivity contribution is 0.0515. The molecule has 1 aliphatic heterocycles. The zero-order valence-electron chi connectivity index (χ0n) is 24.2. The number of carbonyl (C=O) groups is 2. The number of ketones is 1. The maximum absolute atomic E-state index is 12.9. The molecule has 3 N–H and O–H groups in total. The molecule has 15 heteroatoms. The van der Waals surface area contributed by atoms with Gasteiger partial charge in [0.25, 0.3) is 0 Å². The first kappa shape index (κ1) is 33.3. The standard InChI is InChI=1S/C28H36ClN7O4S3/c1-19-4-3-5-22(29)21(19)16-23(37)24-18-31-27(43-24)34-25-17-26(33-20(2)32-25)36-9-7-35(8-10-36)11-12-39-28(38)40-13-15-42-41-14-6-30/h3-5,17-18H,6-16,30H2,1-2H3,(H,31,32,33,34). The van der Waals surface area contributed by atoms with E-state index in [1.54, 1.807) is 33.9 Å². The van der Waals surface area contributed by atoms with Crippen molar-refractivity contribution in [2.24, 2.45) is 5.73 Å². The van der Waals surface area contributed by atoms with Gasteiger partial charge in [-0.3, -0.25) is 9.69 Å². The molecule has 1 fully saturated rings. The molecule has 0 amide bonds. The van der Waals surface area contributed by atoms with E-state index in [1.165, 1.54) is 11.3 Å². The Morgan fingerprint density at radius 1 is 1.09 bits per heavy atom. The van der Waals surface area contributed by atoms with Crippen LogP contribution in [0.25, 0.3) is 0 Å². The van der Waals surface area contributed by atoms with Gasteiger partial charge in [-0.2, -0.15) is 0 Å². The van der Waals surface area contributed by atoms with Gasteiger partial charge >= 0.3 is 6.16 Å². The van der Waals surface area contributed by atoms with E-state index in [0.717, 1.165) is 48.9 Å². The molecule has 11 nitrogen and oxygen atoms in total. The van der Waals surface area contributed by atoms with E-state index in [1.807, 2.05) is 32.0 Å². The molecule has 43 heavy (non-hydrogen) atoms. The number of halogens is 1. The molecule has 0 saturated carbocycles. The van der Waals surface area contributed by atoms with Gasteiger partial charge in [0.2, 0.25) is 0 Å². The normalized spacial score (nSPS) is 13.6. The number of aryl methyl sites for hydroxylation is 2. The Morgan fingerprint density at radius 2 is 1.86 bits per heavy atom. The number of piperazine rings is 1. The van der Waals surface area contributed by atoms with E-state index in [-0.39, 0.29) is 18.8 Å². The Labute approximate surface area is 268 Å². The second-order valence-corrected chi connectivity index (χ2v) is 13.8. The van der Waals surface area contributed by atoms with Gasteiger partial charge in [0.15, 0.2) is 10.9 Å². The van der Waals surface area contributed by atoms with Crippen LogP contribution in [-0.4, -0.2) is 95.8 Å². The molecule has 232 valence electrons. The second-order valence-electron chi connectivity index (χ2n) is 9.66. The van der Waals surface area contributed by atoms with Crippen LogP contribution in [0.15, 0.2) is 30.5 Å². The molecular weight excluding hydrogens is 630 g/mol. The lowest BCUT2D eigenvalue weighted by Crippen LogP contribution is -2.47. The van der Waals surface area contributed by atoms with Crippen LogP contribution in [0.5, 0.6) is 0 Å². The van der Waals surface area contributed by atoms with Crippen LogP contribution in [0, 0.1) is 13.8 Å². The first-order valence-electron chi connectivity index (χ1n) is 13.9. The van der Waals surface area contributed by atoms with Crippen molar-refractivity contribution >= 4 is 73.2 Å². The monoisotopic (exact) mass is 665 g/mol. The van der Waals surface area contributed by atoms with E-state index in [0.29, 0.717) is 52.1 Å². The molecule has 0 bridgehead atoms. The topological polar surface area (TPSA) is 136 Å². The summed E-state index contributed by atoms with van der Waals surface area (Å²) in [5, 5.41) is 4.40. The Bertz CT molecular complexity index is 1350. The van der Waals surface area contributed by atoms with Gasteiger partial charge in [0.1, 0.15) is 30.7 Å². The average molecular weight is 666 g/mol. The van der Waals surface area contributed by atoms with Crippen LogP contribution >= 0.6 is 44.5 Å². The minimum Gasteiger partial charge on any atom is -0.433 e. The number of ether oxygens (including phenoxy) is 2. The van der Waals surface area contributed by atoms with Crippen molar-refractivity contribution < 1.29 is 19.1 Å². The summed E-state index contributed by atoms with van der Waals surface area (Å²) in [6.07, 6.45) is 1.18. The molecule has 1 saturated heterocycles. The van der Waals surface area contributed by atoms with Gasteiger partial charge in [-0.15, -0.1) is 0 Å². The number of rotatable bonds is 15. The number of aromatic nitrogens is 3. The summed E-state index contributed by atoms with van der Waals surface area (Å²) >= 11 is 7.60. The fourth-order valence-corrected chi connectivity index (χ4v) is 7.04. The summed E-state index contributed by atoms with van der Waals surface area (Å²) in [4.78, 5) is 43.3. The van der Waals surface area contributed by atoms with Crippen molar-refractivity contribution in [3.63, 3.8) is 0 Å². The fraction of sp³-hybridized carbons (Fsp3) is 0.464. The molecular formula is C28H36ClN7O4S3. The average Bonchev–Trinajstić information content (AvgIpc) is 3.45. The molecule has 0 atom stereocenters. The van der Waals surface area contributed by atoms with Crippen LogP contribution in [0.2, 0.25) is 5.02 Å². The van der Waals surface area contributed by atoms with Crippen molar-refractivity contribution in [1.29, 1.82) is 0 Å². The van der Waals surface area contributed by atoms with Crippen molar-refractivity contribution in [3.05, 3.63) is 57.3 Å². The van der Waals surface area contributed by atoms with Crippen LogP contribution in [0.1, 0.15) is 26.6 Å². The summed E-state index contributed by atoms with van der Waals surface area (Å²) in [5.74, 6) is 3.61. The van der Waals surface area contributed by atoms with Gasteiger partial charge < -0.3 is 25.4 Å². The number of hydrogen-bond donors (Lipinski definition) is 2. The number of carbonyl (C=O) groups excluding carboxylic acids is 2. The molecule has 0 aliphatic carbocycles. The fourth-order valence-electron chi connectivity index (χ4n) is 4.31. The van der Waals surface area contributed by atoms with E-state index in [4.69, 9.17) is 26.8 Å². The zero-order chi connectivity index (χ0) is 30.6. The predicted molar refractivity (Wildman–Crippen MR) is 176 cm³/mol. The number of anilines is 3. The maximum Gasteiger partial charge on any atom is 0.508 e. The number of nitrogens with two attached hydrogens (primary N) is 1. The highest BCUT2D eigenvalue weighted by atomic mass is 35.5. The molecule has 1 aliphatic rings. The molecule has 2 aromatic heterocycles. The van der Waals surface area contributed by atoms with Crippen LogP contribution in [0.3, 0.4) is 0 Å². The highest BCUT2D eigenvalue weighted by Crippen LogP contribution is 2.27. The minimum atomic E-state index is -0.632.